The van der Waals surface area contributed by atoms with Crippen LogP contribution in [-0.4, -0.2) is 16.0 Å². The Morgan fingerprint density at radius 3 is 3.00 bits per heavy atom. The molecule has 0 aliphatic rings. The highest BCUT2D eigenvalue weighted by atomic mass is 79.9. The van der Waals surface area contributed by atoms with Crippen molar-refractivity contribution in [2.45, 2.75) is 26.3 Å². The van der Waals surface area contributed by atoms with Gasteiger partial charge in [0.05, 0.1) is 26.9 Å². The molecule has 0 unspecified atom stereocenters. The van der Waals surface area contributed by atoms with E-state index in [0.29, 0.717) is 5.69 Å². The number of halogens is 1. The number of anilines is 1. The van der Waals surface area contributed by atoms with E-state index < -0.39 is 0 Å². The number of aromatic nitrogens is 2. The molecule has 2 aromatic rings. The van der Waals surface area contributed by atoms with E-state index in [1.54, 1.807) is 29.8 Å². The smallest absolute Gasteiger partial charge is 0.319 e. The molecule has 0 aromatic carbocycles. The average Bonchev–Trinajstić information content (AvgIpc) is 2.90. The van der Waals surface area contributed by atoms with E-state index in [-0.39, 0.29) is 12.1 Å². The highest BCUT2D eigenvalue weighted by molar-refractivity contribution is 9.10. The maximum absolute atomic E-state index is 11.9. The Bertz CT molecular complexity index is 602. The van der Waals surface area contributed by atoms with Crippen LogP contribution in [0.4, 0.5) is 10.5 Å². The van der Waals surface area contributed by atoms with Crippen LogP contribution in [0.15, 0.2) is 28.3 Å². The molecule has 0 radical (unpaired) electrons. The number of carbonyl (C=O) groups excluding carboxylic acids is 1. The van der Waals surface area contributed by atoms with Crippen molar-refractivity contribution in [3.8, 4) is 0 Å². The monoisotopic (exact) mass is 354 g/mol. The van der Waals surface area contributed by atoms with Gasteiger partial charge >= 0.3 is 6.03 Å². The summed E-state index contributed by atoms with van der Waals surface area (Å²) in [5.74, 6) is 0. The lowest BCUT2D eigenvalue weighted by Gasteiger charge is -2.13. The van der Waals surface area contributed by atoms with Gasteiger partial charge in [-0.25, -0.2) is 9.78 Å². The summed E-state index contributed by atoms with van der Waals surface area (Å²) in [4.78, 5) is 20.3. The Balaban J connectivity index is 1.96. The molecule has 0 fully saturated rings. The molecule has 1 atom stereocenters. The largest absolute Gasteiger partial charge is 0.330 e. The summed E-state index contributed by atoms with van der Waals surface area (Å²) >= 11 is 4.95. The molecular weight excluding hydrogens is 340 g/mol. The zero-order valence-corrected chi connectivity index (χ0v) is 13.6. The second kappa shape index (κ2) is 6.81. The van der Waals surface area contributed by atoms with Gasteiger partial charge in [-0.1, -0.05) is 6.92 Å². The summed E-state index contributed by atoms with van der Waals surface area (Å²) < 4.78 is 0.740. The van der Waals surface area contributed by atoms with Crippen LogP contribution in [0.25, 0.3) is 0 Å². The van der Waals surface area contributed by atoms with Gasteiger partial charge in [0.15, 0.2) is 0 Å². The van der Waals surface area contributed by atoms with Gasteiger partial charge in [0.25, 0.3) is 0 Å². The number of nitrogens with one attached hydrogen (secondary N) is 2. The zero-order valence-electron chi connectivity index (χ0n) is 11.2. The normalized spacial score (nSPS) is 11.9. The quantitative estimate of drug-likeness (QED) is 0.878. The third-order valence-corrected chi connectivity index (χ3v) is 4.33. The first kappa shape index (κ1) is 14.9. The topological polar surface area (TPSA) is 66.9 Å². The Hall–Kier alpha value is -1.47. The molecular formula is C13H15BrN4OS. The fraction of sp³-hybridized carbons (Fsp3) is 0.308. The number of hydrogen-bond donors (Lipinski definition) is 2. The first-order valence-electron chi connectivity index (χ1n) is 6.21. The predicted molar refractivity (Wildman–Crippen MR) is 84.0 cm³/mol. The summed E-state index contributed by atoms with van der Waals surface area (Å²) in [7, 11) is 0. The molecule has 0 aliphatic heterocycles. The maximum atomic E-state index is 11.9. The van der Waals surface area contributed by atoms with Crippen molar-refractivity contribution in [3.05, 3.63) is 39.0 Å². The molecule has 0 saturated carbocycles. The lowest BCUT2D eigenvalue weighted by molar-refractivity contribution is 0.249. The minimum Gasteiger partial charge on any atom is -0.330 e. The van der Waals surface area contributed by atoms with E-state index in [9.17, 15) is 4.79 Å². The van der Waals surface area contributed by atoms with Crippen LogP contribution in [0.2, 0.25) is 0 Å². The highest BCUT2D eigenvalue weighted by Crippen LogP contribution is 2.20. The van der Waals surface area contributed by atoms with Crippen molar-refractivity contribution in [2.75, 3.05) is 5.32 Å². The van der Waals surface area contributed by atoms with E-state index in [0.717, 1.165) is 21.6 Å². The lowest BCUT2D eigenvalue weighted by Crippen LogP contribution is -2.31. The van der Waals surface area contributed by atoms with E-state index in [1.165, 1.54) is 0 Å². The summed E-state index contributed by atoms with van der Waals surface area (Å²) in [5.41, 5.74) is 1.56. The Morgan fingerprint density at radius 1 is 1.55 bits per heavy atom. The molecule has 106 valence electrons. The van der Waals surface area contributed by atoms with E-state index in [2.05, 4.69) is 43.5 Å². The number of thiazole rings is 1. The number of hydrogen-bond acceptors (Lipinski definition) is 4. The average molecular weight is 355 g/mol. The van der Waals surface area contributed by atoms with Gasteiger partial charge < -0.3 is 10.6 Å². The van der Waals surface area contributed by atoms with Crippen molar-refractivity contribution < 1.29 is 4.79 Å². The molecule has 7 heteroatoms. The van der Waals surface area contributed by atoms with Crippen LogP contribution in [0, 0.1) is 0 Å². The molecule has 2 rings (SSSR count). The summed E-state index contributed by atoms with van der Waals surface area (Å²) in [5, 5.41) is 8.69. The maximum Gasteiger partial charge on any atom is 0.319 e. The first-order valence-corrected chi connectivity index (χ1v) is 7.88. The van der Waals surface area contributed by atoms with Gasteiger partial charge in [-0.3, -0.25) is 4.98 Å². The molecule has 0 bridgehead atoms. The summed E-state index contributed by atoms with van der Waals surface area (Å²) in [6, 6.07) is 1.33. The second-order valence-corrected chi connectivity index (χ2v) is 5.99. The van der Waals surface area contributed by atoms with Crippen molar-refractivity contribution in [2.24, 2.45) is 0 Å². The highest BCUT2D eigenvalue weighted by Gasteiger charge is 2.13. The molecule has 5 nitrogen and oxygen atoms in total. The van der Waals surface area contributed by atoms with Gasteiger partial charge in [-0.2, -0.15) is 0 Å². The Kier molecular flexibility index (Phi) is 5.08. The number of amides is 2. The SMILES string of the molecule is CCc1nc([C@H](C)NC(=O)Nc2ccncc2Br)cs1. The van der Waals surface area contributed by atoms with E-state index in [4.69, 9.17) is 0 Å². The van der Waals surface area contributed by atoms with E-state index >= 15 is 0 Å². The van der Waals surface area contributed by atoms with Gasteiger partial charge in [0.1, 0.15) is 0 Å². The number of urea groups is 1. The third kappa shape index (κ3) is 3.77. The van der Waals surface area contributed by atoms with Crippen LogP contribution in [0.3, 0.4) is 0 Å². The van der Waals surface area contributed by atoms with Crippen LogP contribution < -0.4 is 10.6 Å². The van der Waals surface area contributed by atoms with Gasteiger partial charge in [0, 0.05) is 17.8 Å². The van der Waals surface area contributed by atoms with Crippen molar-refractivity contribution >= 4 is 39.0 Å². The molecule has 0 saturated heterocycles. The Labute approximate surface area is 130 Å². The number of nitrogens with zero attached hydrogens (tertiary/aromatic N) is 2. The number of carbonyl (C=O) groups is 1. The molecule has 0 spiro atoms. The van der Waals surface area contributed by atoms with Gasteiger partial charge in [-0.15, -0.1) is 11.3 Å². The molecule has 2 heterocycles. The van der Waals surface area contributed by atoms with Crippen molar-refractivity contribution in [1.29, 1.82) is 0 Å². The first-order chi connectivity index (χ1) is 9.60. The van der Waals surface area contributed by atoms with E-state index in [1.807, 2.05) is 12.3 Å². The van der Waals surface area contributed by atoms with Gasteiger partial charge in [-0.05, 0) is 35.3 Å². The second-order valence-electron chi connectivity index (χ2n) is 4.20. The third-order valence-electron chi connectivity index (χ3n) is 2.68. The van der Waals surface area contributed by atoms with Crippen LogP contribution in [-0.2, 0) is 6.42 Å². The molecule has 2 N–H and O–H groups in total. The van der Waals surface area contributed by atoms with Crippen LogP contribution >= 0.6 is 27.3 Å². The molecule has 2 amide bonds. The summed E-state index contributed by atoms with van der Waals surface area (Å²) in [6.07, 6.45) is 4.16. The number of rotatable bonds is 4. The standard InChI is InChI=1S/C13H15BrN4OS/c1-3-12-17-11(7-20-12)8(2)16-13(19)18-10-4-5-15-6-9(10)14/h4-8H,3H2,1-2H3,(H2,15,16,18,19)/t8-/m0/s1. The Morgan fingerprint density at radius 2 is 2.35 bits per heavy atom. The van der Waals surface area contributed by atoms with Crippen LogP contribution in [0.1, 0.15) is 30.6 Å². The van der Waals surface area contributed by atoms with Crippen LogP contribution in [0.5, 0.6) is 0 Å². The van der Waals surface area contributed by atoms with Crippen molar-refractivity contribution in [3.63, 3.8) is 0 Å². The molecule has 2 aromatic heterocycles. The van der Waals surface area contributed by atoms with Gasteiger partial charge in [0.2, 0.25) is 0 Å². The fourth-order valence-electron chi connectivity index (χ4n) is 1.59. The van der Waals surface area contributed by atoms with Crippen molar-refractivity contribution in [1.82, 2.24) is 15.3 Å². The lowest BCUT2D eigenvalue weighted by atomic mass is 10.2. The fourth-order valence-corrected chi connectivity index (χ4v) is 2.78. The minimum absolute atomic E-state index is 0.132. The zero-order chi connectivity index (χ0) is 14.5. The number of aryl methyl sites for hydroxylation is 1. The summed E-state index contributed by atoms with van der Waals surface area (Å²) in [6.45, 7) is 3.98. The molecule has 0 aliphatic carbocycles. The molecule has 20 heavy (non-hydrogen) atoms. The minimum atomic E-state index is -0.268. The predicted octanol–water partition coefficient (Wildman–Crippen LogP) is 3.75. The number of pyridine rings is 1.